The van der Waals surface area contributed by atoms with Crippen molar-refractivity contribution in [3.8, 4) is 0 Å². The van der Waals surface area contributed by atoms with E-state index in [9.17, 15) is 4.79 Å². The van der Waals surface area contributed by atoms with Gasteiger partial charge in [-0.2, -0.15) is 5.10 Å². The summed E-state index contributed by atoms with van der Waals surface area (Å²) in [6.45, 7) is 5.91. The van der Waals surface area contributed by atoms with E-state index in [1.54, 1.807) is 13.4 Å². The highest BCUT2D eigenvalue weighted by Crippen LogP contribution is 2.20. The Morgan fingerprint density at radius 3 is 2.67 bits per heavy atom. The first-order valence-corrected chi connectivity index (χ1v) is 4.07. The highest BCUT2D eigenvalue weighted by Gasteiger charge is 2.39. The molecule has 0 aromatic carbocycles. The molecule has 0 radical (unpaired) electrons. The number of hydrogen-bond acceptors (Lipinski definition) is 3. The van der Waals surface area contributed by atoms with Crippen LogP contribution in [0.1, 0.15) is 20.8 Å². The largest absolute Gasteiger partial charge is 0.361 e. The van der Waals surface area contributed by atoms with E-state index in [0.29, 0.717) is 0 Å². The van der Waals surface area contributed by atoms with Crippen LogP contribution in [-0.2, 0) is 4.79 Å². The van der Waals surface area contributed by atoms with Crippen LogP contribution in [0.15, 0.2) is 5.10 Å². The van der Waals surface area contributed by atoms with Crippen LogP contribution < -0.4 is 5.32 Å². The Hall–Kier alpha value is -1.06. The summed E-state index contributed by atoms with van der Waals surface area (Å²) in [4.78, 5) is 11.6. The van der Waals surface area contributed by atoms with Crippen molar-refractivity contribution in [2.75, 3.05) is 7.05 Å². The van der Waals surface area contributed by atoms with Gasteiger partial charge in [-0.25, -0.2) is 5.01 Å². The van der Waals surface area contributed by atoms with Crippen LogP contribution in [0, 0.1) is 5.92 Å². The van der Waals surface area contributed by atoms with Crippen molar-refractivity contribution >= 4 is 12.2 Å². The van der Waals surface area contributed by atoms with Crippen molar-refractivity contribution < 1.29 is 4.79 Å². The summed E-state index contributed by atoms with van der Waals surface area (Å²) in [6.07, 6.45) is 1.57. The Balaban J connectivity index is 2.93. The van der Waals surface area contributed by atoms with Crippen molar-refractivity contribution in [1.29, 1.82) is 0 Å². The van der Waals surface area contributed by atoms with E-state index in [0.717, 1.165) is 0 Å². The smallest absolute Gasteiger partial charge is 0.268 e. The fraction of sp³-hybridized carbons (Fsp3) is 0.750. The molecule has 1 heterocycles. The molecule has 1 atom stereocenters. The van der Waals surface area contributed by atoms with Gasteiger partial charge in [-0.1, -0.05) is 13.8 Å². The predicted octanol–water partition coefficient (Wildman–Crippen LogP) is 0.406. The number of nitrogens with zero attached hydrogens (tertiary/aromatic N) is 2. The second-order valence-corrected chi connectivity index (χ2v) is 3.57. The van der Waals surface area contributed by atoms with Gasteiger partial charge in [-0.15, -0.1) is 0 Å². The predicted molar refractivity (Wildman–Crippen MR) is 47.6 cm³/mol. The maximum Gasteiger partial charge on any atom is 0.268 e. The monoisotopic (exact) mass is 169 g/mol. The van der Waals surface area contributed by atoms with Gasteiger partial charge in [0.05, 0.1) is 0 Å². The third-order valence-electron chi connectivity index (χ3n) is 2.49. The quantitative estimate of drug-likeness (QED) is 0.617. The molecule has 0 bridgehead atoms. The van der Waals surface area contributed by atoms with E-state index in [-0.39, 0.29) is 11.8 Å². The van der Waals surface area contributed by atoms with Crippen LogP contribution in [-0.4, -0.2) is 29.8 Å². The molecule has 1 rings (SSSR count). The molecule has 0 saturated carbocycles. The van der Waals surface area contributed by atoms with Crippen LogP contribution in [0.5, 0.6) is 0 Å². The highest BCUT2D eigenvalue weighted by molar-refractivity contribution is 5.90. The van der Waals surface area contributed by atoms with Crippen LogP contribution in [0.4, 0.5) is 0 Å². The molecular weight excluding hydrogens is 154 g/mol. The van der Waals surface area contributed by atoms with Gasteiger partial charge in [0.15, 0.2) is 0 Å². The van der Waals surface area contributed by atoms with Crippen LogP contribution in [0.3, 0.4) is 0 Å². The molecule has 68 valence electrons. The lowest BCUT2D eigenvalue weighted by Gasteiger charge is -2.37. The zero-order chi connectivity index (χ0) is 9.35. The van der Waals surface area contributed by atoms with Gasteiger partial charge in [0.25, 0.3) is 5.91 Å². The molecular formula is C8H15N3O. The van der Waals surface area contributed by atoms with Crippen molar-refractivity contribution in [3.63, 3.8) is 0 Å². The van der Waals surface area contributed by atoms with E-state index < -0.39 is 5.54 Å². The van der Waals surface area contributed by atoms with Gasteiger partial charge in [-0.3, -0.25) is 4.79 Å². The maximum atomic E-state index is 11.6. The van der Waals surface area contributed by atoms with Crippen LogP contribution in [0.25, 0.3) is 0 Å². The summed E-state index contributed by atoms with van der Waals surface area (Å²) in [6, 6.07) is 0. The van der Waals surface area contributed by atoms with E-state index in [1.165, 1.54) is 5.01 Å². The molecule has 12 heavy (non-hydrogen) atoms. The molecule has 1 amide bonds. The van der Waals surface area contributed by atoms with Crippen LogP contribution >= 0.6 is 0 Å². The van der Waals surface area contributed by atoms with Crippen molar-refractivity contribution in [2.24, 2.45) is 11.0 Å². The number of carbonyl (C=O) groups excluding carboxylic acids is 1. The summed E-state index contributed by atoms with van der Waals surface area (Å²) < 4.78 is 0. The second-order valence-electron chi connectivity index (χ2n) is 3.57. The average Bonchev–Trinajstić information content (AvgIpc) is 2.00. The fourth-order valence-electron chi connectivity index (χ4n) is 1.11. The molecule has 0 aliphatic carbocycles. The first-order valence-electron chi connectivity index (χ1n) is 4.07. The van der Waals surface area contributed by atoms with E-state index in [1.807, 2.05) is 20.8 Å². The zero-order valence-electron chi connectivity index (χ0n) is 7.96. The van der Waals surface area contributed by atoms with Gasteiger partial charge >= 0.3 is 0 Å². The standard InChI is InChI=1S/C8H15N3O/c1-6(2)8(3)7(12)11(4)10-5-9-8/h5-6H,1-4H3,(H,9,10). The Morgan fingerprint density at radius 1 is 1.67 bits per heavy atom. The SMILES string of the molecule is CC(C)C1(C)NC=NN(C)C1=O. The Kier molecular flexibility index (Phi) is 2.08. The maximum absolute atomic E-state index is 11.6. The van der Waals surface area contributed by atoms with Gasteiger partial charge in [0, 0.05) is 7.05 Å². The highest BCUT2D eigenvalue weighted by atomic mass is 16.2. The number of amides is 1. The molecule has 1 unspecified atom stereocenters. The summed E-state index contributed by atoms with van der Waals surface area (Å²) >= 11 is 0. The van der Waals surface area contributed by atoms with Crippen molar-refractivity contribution in [2.45, 2.75) is 26.3 Å². The molecule has 0 saturated heterocycles. The lowest BCUT2D eigenvalue weighted by Crippen LogP contribution is -2.60. The fourth-order valence-corrected chi connectivity index (χ4v) is 1.11. The summed E-state index contributed by atoms with van der Waals surface area (Å²) in [5, 5.41) is 8.20. The second kappa shape index (κ2) is 2.77. The zero-order valence-corrected chi connectivity index (χ0v) is 7.96. The lowest BCUT2D eigenvalue weighted by molar-refractivity contribution is -0.138. The number of rotatable bonds is 1. The molecule has 0 aromatic heterocycles. The molecule has 4 nitrogen and oxygen atoms in total. The minimum Gasteiger partial charge on any atom is -0.361 e. The number of carbonyl (C=O) groups is 1. The molecule has 1 aliphatic heterocycles. The lowest BCUT2D eigenvalue weighted by atomic mass is 9.87. The van der Waals surface area contributed by atoms with Gasteiger partial charge < -0.3 is 5.32 Å². The van der Waals surface area contributed by atoms with E-state index in [2.05, 4.69) is 10.4 Å². The molecule has 0 fully saturated rings. The first kappa shape index (κ1) is 9.03. The number of nitrogens with one attached hydrogen (secondary N) is 1. The summed E-state index contributed by atoms with van der Waals surface area (Å²) in [5.41, 5.74) is -0.503. The third kappa shape index (κ3) is 1.17. The van der Waals surface area contributed by atoms with E-state index in [4.69, 9.17) is 0 Å². The topological polar surface area (TPSA) is 44.7 Å². The Labute approximate surface area is 72.6 Å². The van der Waals surface area contributed by atoms with Gasteiger partial charge in [-0.05, 0) is 12.8 Å². The number of hydrogen-bond donors (Lipinski definition) is 1. The molecule has 1 aliphatic rings. The normalized spacial score (nSPS) is 29.4. The molecule has 1 N–H and O–H groups in total. The van der Waals surface area contributed by atoms with Gasteiger partial charge in [0.1, 0.15) is 11.9 Å². The van der Waals surface area contributed by atoms with Crippen molar-refractivity contribution in [1.82, 2.24) is 10.3 Å². The number of hydrazone groups is 1. The Morgan fingerprint density at radius 2 is 2.25 bits per heavy atom. The summed E-state index contributed by atoms with van der Waals surface area (Å²) in [5.74, 6) is 0.263. The minimum absolute atomic E-state index is 0.0139. The van der Waals surface area contributed by atoms with Crippen molar-refractivity contribution in [3.05, 3.63) is 0 Å². The third-order valence-corrected chi connectivity index (χ3v) is 2.49. The van der Waals surface area contributed by atoms with E-state index >= 15 is 0 Å². The molecule has 4 heteroatoms. The number of likely N-dealkylation sites (N-methyl/N-ethyl adjacent to an activating group) is 1. The molecule has 0 aromatic rings. The first-order chi connectivity index (χ1) is 5.48. The Bertz CT molecular complexity index is 224. The summed E-state index contributed by atoms with van der Waals surface area (Å²) in [7, 11) is 1.67. The minimum atomic E-state index is -0.503. The van der Waals surface area contributed by atoms with Gasteiger partial charge in [0.2, 0.25) is 0 Å². The molecule has 0 spiro atoms. The van der Waals surface area contributed by atoms with Crippen LogP contribution in [0.2, 0.25) is 0 Å². The average molecular weight is 169 g/mol.